The predicted molar refractivity (Wildman–Crippen MR) is 142 cm³/mol. The first-order valence-electron chi connectivity index (χ1n) is 12.9. The number of aryl methyl sites for hydroxylation is 2. The maximum absolute atomic E-state index is 13.4. The summed E-state index contributed by atoms with van der Waals surface area (Å²) in [5.41, 5.74) is 4.68. The molecule has 6 rings (SSSR count). The molecule has 2 aromatic heterocycles. The van der Waals surface area contributed by atoms with Crippen LogP contribution in [0.2, 0.25) is 0 Å². The Balaban J connectivity index is 1.53. The number of nitrogens with zero attached hydrogens (tertiary/aromatic N) is 6. The molecule has 40 heavy (non-hydrogen) atoms. The van der Waals surface area contributed by atoms with Crippen LogP contribution >= 0.6 is 0 Å². The van der Waals surface area contributed by atoms with E-state index >= 15 is 0 Å². The minimum atomic E-state index is -3.04. The Morgan fingerprint density at radius 3 is 2.70 bits per heavy atom. The van der Waals surface area contributed by atoms with Gasteiger partial charge in [0.05, 0.1) is 42.3 Å². The first kappa shape index (κ1) is 26.0. The standard InChI is InChI=1S/C28H28F2N6O4/c1-17-22(27-36(32-17)14-19(16-39-27)38-12-11-37)24-23(21-15-34(2)33-26(21)40-28(29)30)20-9-6-10-35(25(20)31-24)13-18-7-4-3-5-8-18/h3-10,15,19,28,37H,11-14,16H2,1-2H3. The van der Waals surface area contributed by atoms with E-state index in [1.54, 1.807) is 17.9 Å². The van der Waals surface area contributed by atoms with Gasteiger partial charge in [0.2, 0.25) is 11.8 Å². The van der Waals surface area contributed by atoms with Gasteiger partial charge >= 0.3 is 6.61 Å². The number of rotatable bonds is 9. The van der Waals surface area contributed by atoms with Crippen LogP contribution in [0.4, 0.5) is 8.78 Å². The van der Waals surface area contributed by atoms with Crippen molar-refractivity contribution in [1.29, 1.82) is 0 Å². The predicted octanol–water partition coefficient (Wildman–Crippen LogP) is 3.98. The smallest absolute Gasteiger partial charge is 0.388 e. The lowest BCUT2D eigenvalue weighted by Crippen LogP contribution is -2.33. The third kappa shape index (κ3) is 4.80. The van der Waals surface area contributed by atoms with E-state index in [-0.39, 0.29) is 31.8 Å². The molecule has 0 saturated carbocycles. The Kier molecular flexibility index (Phi) is 6.95. The fourth-order valence-electron chi connectivity index (χ4n) is 5.17. The molecule has 0 bridgehead atoms. The number of fused-ring (bicyclic) bond motifs is 2. The zero-order valence-corrected chi connectivity index (χ0v) is 22.0. The Morgan fingerprint density at radius 1 is 1.10 bits per heavy atom. The number of alkyl halides is 2. The molecule has 0 spiro atoms. The molecular weight excluding hydrogens is 522 g/mol. The summed E-state index contributed by atoms with van der Waals surface area (Å²) in [5, 5.41) is 18.0. The summed E-state index contributed by atoms with van der Waals surface area (Å²) in [6, 6.07) is 13.8. The summed E-state index contributed by atoms with van der Waals surface area (Å²) >= 11 is 0. The van der Waals surface area contributed by atoms with Crippen molar-refractivity contribution in [2.24, 2.45) is 7.05 Å². The Morgan fingerprint density at radius 2 is 1.93 bits per heavy atom. The van der Waals surface area contributed by atoms with Gasteiger partial charge in [-0.3, -0.25) is 4.68 Å². The molecule has 3 aromatic rings. The molecule has 1 N–H and O–H groups in total. The average Bonchev–Trinajstić information content (AvgIpc) is 3.59. The van der Waals surface area contributed by atoms with Gasteiger partial charge < -0.3 is 23.9 Å². The molecule has 5 heterocycles. The van der Waals surface area contributed by atoms with E-state index in [1.807, 2.05) is 60.2 Å². The summed E-state index contributed by atoms with van der Waals surface area (Å²) in [6.07, 6.45) is 3.32. The van der Waals surface area contributed by atoms with Crippen LogP contribution in [0, 0.1) is 6.92 Å². The van der Waals surface area contributed by atoms with E-state index in [4.69, 9.17) is 24.3 Å². The van der Waals surface area contributed by atoms with E-state index < -0.39 is 6.61 Å². The Hall–Kier alpha value is -4.29. The maximum atomic E-state index is 13.4. The van der Waals surface area contributed by atoms with E-state index in [0.29, 0.717) is 52.9 Å². The van der Waals surface area contributed by atoms with Crippen molar-refractivity contribution in [3.8, 4) is 45.5 Å². The summed E-state index contributed by atoms with van der Waals surface area (Å²) in [7, 11) is 1.65. The van der Waals surface area contributed by atoms with Gasteiger partial charge in [-0.25, -0.2) is 9.67 Å². The zero-order chi connectivity index (χ0) is 27.8. The summed E-state index contributed by atoms with van der Waals surface area (Å²) < 4.78 is 48.6. The van der Waals surface area contributed by atoms with Gasteiger partial charge in [-0.1, -0.05) is 30.3 Å². The van der Waals surface area contributed by atoms with Crippen LogP contribution in [-0.4, -0.2) is 66.8 Å². The van der Waals surface area contributed by atoms with E-state index in [1.165, 1.54) is 4.68 Å². The lowest BCUT2D eigenvalue weighted by Gasteiger charge is -2.24. The Bertz CT molecular complexity index is 1600. The van der Waals surface area contributed by atoms with Crippen molar-refractivity contribution in [2.75, 3.05) is 19.8 Å². The van der Waals surface area contributed by atoms with Crippen LogP contribution in [0.3, 0.4) is 0 Å². The van der Waals surface area contributed by atoms with Gasteiger partial charge in [0.1, 0.15) is 18.5 Å². The minimum Gasteiger partial charge on any atom is -0.475 e. The van der Waals surface area contributed by atoms with Gasteiger partial charge in [0.25, 0.3) is 0 Å². The molecule has 1 aromatic carbocycles. The molecule has 0 saturated heterocycles. The second kappa shape index (κ2) is 10.7. The normalized spacial score (nSPS) is 15.0. The second-order valence-corrected chi connectivity index (χ2v) is 9.57. The highest BCUT2D eigenvalue weighted by molar-refractivity contribution is 5.97. The number of benzene rings is 1. The molecule has 12 heteroatoms. The maximum Gasteiger partial charge on any atom is 0.388 e. The molecule has 3 aliphatic heterocycles. The third-order valence-electron chi connectivity index (χ3n) is 6.77. The SMILES string of the molecule is Cc1nn2c(c1-c1nc3n(Cc4ccccc4)cccc-3c1-c1cn(C)nc1OC(F)F)OCC(OCCO)C2. The number of pyridine rings is 1. The highest BCUT2D eigenvalue weighted by atomic mass is 19.3. The van der Waals surface area contributed by atoms with E-state index in [9.17, 15) is 8.78 Å². The van der Waals surface area contributed by atoms with Crippen molar-refractivity contribution in [3.05, 3.63) is 66.1 Å². The van der Waals surface area contributed by atoms with Crippen LogP contribution in [0.15, 0.2) is 54.9 Å². The first-order valence-corrected chi connectivity index (χ1v) is 12.9. The van der Waals surface area contributed by atoms with Crippen LogP contribution in [0.25, 0.3) is 33.8 Å². The third-order valence-corrected chi connectivity index (χ3v) is 6.77. The first-order chi connectivity index (χ1) is 19.4. The number of hydrogen-bond donors (Lipinski definition) is 1. The minimum absolute atomic E-state index is 0.0861. The number of aromatic nitrogens is 6. The number of halogens is 2. The highest BCUT2D eigenvalue weighted by Gasteiger charge is 2.34. The number of hydrogen-bond acceptors (Lipinski definition) is 7. The fraction of sp³-hybridized carbons (Fsp3) is 0.321. The van der Waals surface area contributed by atoms with Crippen LogP contribution in [0.1, 0.15) is 11.3 Å². The van der Waals surface area contributed by atoms with Gasteiger partial charge in [-0.15, -0.1) is 5.10 Å². The molecule has 3 aliphatic rings. The number of ether oxygens (including phenoxy) is 3. The fourth-order valence-corrected chi connectivity index (χ4v) is 5.17. The van der Waals surface area contributed by atoms with Crippen molar-refractivity contribution < 1.29 is 28.1 Å². The zero-order valence-electron chi connectivity index (χ0n) is 22.0. The average molecular weight is 551 g/mol. The van der Waals surface area contributed by atoms with Gasteiger partial charge in [0.15, 0.2) is 0 Å². The van der Waals surface area contributed by atoms with Gasteiger partial charge in [-0.2, -0.15) is 13.9 Å². The highest BCUT2D eigenvalue weighted by Crippen LogP contribution is 2.48. The van der Waals surface area contributed by atoms with Crippen molar-refractivity contribution in [1.82, 2.24) is 29.1 Å². The summed E-state index contributed by atoms with van der Waals surface area (Å²) in [6.45, 7) is 0.199. The molecule has 10 nitrogen and oxygen atoms in total. The van der Waals surface area contributed by atoms with Crippen LogP contribution in [-0.2, 0) is 24.9 Å². The van der Waals surface area contributed by atoms with Gasteiger partial charge in [-0.05, 0) is 24.6 Å². The lowest BCUT2D eigenvalue weighted by molar-refractivity contribution is -0.0527. The Labute approximate surface area is 228 Å². The van der Waals surface area contributed by atoms with Crippen molar-refractivity contribution in [2.45, 2.75) is 32.7 Å². The van der Waals surface area contributed by atoms with E-state index in [0.717, 1.165) is 11.1 Å². The molecular formula is C28H28F2N6O4. The lowest BCUT2D eigenvalue weighted by atomic mass is 9.99. The molecule has 0 aliphatic carbocycles. The topological polar surface area (TPSA) is 101 Å². The number of aliphatic hydroxyl groups is 1. The van der Waals surface area contributed by atoms with Crippen LogP contribution in [0.5, 0.6) is 11.8 Å². The molecule has 0 radical (unpaired) electrons. The number of aliphatic hydroxyl groups excluding tert-OH is 1. The summed E-state index contributed by atoms with van der Waals surface area (Å²) in [5.74, 6) is 0.992. The monoisotopic (exact) mass is 550 g/mol. The van der Waals surface area contributed by atoms with Gasteiger partial charge in [0, 0.05) is 37.1 Å². The summed E-state index contributed by atoms with van der Waals surface area (Å²) in [4.78, 5) is 5.08. The van der Waals surface area contributed by atoms with Crippen LogP contribution < -0.4 is 9.47 Å². The second-order valence-electron chi connectivity index (χ2n) is 9.57. The molecule has 208 valence electrons. The van der Waals surface area contributed by atoms with Crippen molar-refractivity contribution >= 4 is 0 Å². The molecule has 0 amide bonds. The molecule has 1 atom stereocenters. The quantitative estimate of drug-likeness (QED) is 0.296. The van der Waals surface area contributed by atoms with E-state index in [2.05, 4.69) is 10.2 Å². The molecule has 0 fully saturated rings. The van der Waals surface area contributed by atoms with Crippen molar-refractivity contribution in [3.63, 3.8) is 0 Å². The largest absolute Gasteiger partial charge is 0.475 e. The molecule has 1 unspecified atom stereocenters.